The Morgan fingerprint density at radius 2 is 2.00 bits per heavy atom. The van der Waals surface area contributed by atoms with Crippen LogP contribution >= 0.6 is 0 Å². The summed E-state index contributed by atoms with van der Waals surface area (Å²) < 4.78 is 0. The molecule has 1 heterocycles. The number of hydrogen-bond donors (Lipinski definition) is 2. The maximum absolute atomic E-state index is 11.3. The third-order valence-corrected chi connectivity index (χ3v) is 4.41. The van der Waals surface area contributed by atoms with E-state index in [4.69, 9.17) is 5.73 Å². The number of aliphatic carboxylic acids is 1. The van der Waals surface area contributed by atoms with Crippen LogP contribution in [0.4, 0.5) is 0 Å². The SMILES string of the molecule is NCCCN1C(C(=O)O)CCC2CCCCC21. The Hall–Kier alpha value is -0.610. The quantitative estimate of drug-likeness (QED) is 0.780. The molecule has 4 nitrogen and oxygen atoms in total. The highest BCUT2D eigenvalue weighted by molar-refractivity contribution is 5.73. The molecule has 1 aliphatic heterocycles. The molecule has 0 aromatic heterocycles. The lowest BCUT2D eigenvalue weighted by molar-refractivity contribution is -0.148. The van der Waals surface area contributed by atoms with Crippen molar-refractivity contribution < 1.29 is 9.90 Å². The Balaban J connectivity index is 2.07. The fraction of sp³-hybridized carbons (Fsp3) is 0.923. The van der Waals surface area contributed by atoms with Crippen molar-refractivity contribution in [3.05, 3.63) is 0 Å². The highest BCUT2D eigenvalue weighted by Gasteiger charge is 2.40. The number of nitrogens with two attached hydrogens (primary N) is 1. The Labute approximate surface area is 103 Å². The van der Waals surface area contributed by atoms with Crippen LogP contribution < -0.4 is 5.73 Å². The van der Waals surface area contributed by atoms with Crippen LogP contribution in [0.5, 0.6) is 0 Å². The molecular formula is C13H24N2O2. The topological polar surface area (TPSA) is 66.6 Å². The van der Waals surface area contributed by atoms with Gasteiger partial charge in [-0.15, -0.1) is 0 Å². The van der Waals surface area contributed by atoms with Crippen molar-refractivity contribution in [2.75, 3.05) is 13.1 Å². The summed E-state index contributed by atoms with van der Waals surface area (Å²) in [6, 6.07) is 0.242. The third-order valence-electron chi connectivity index (χ3n) is 4.41. The van der Waals surface area contributed by atoms with Crippen molar-refractivity contribution in [2.24, 2.45) is 11.7 Å². The first-order chi connectivity index (χ1) is 8.24. The molecule has 0 aromatic rings. The van der Waals surface area contributed by atoms with Gasteiger partial charge in [-0.3, -0.25) is 9.69 Å². The van der Waals surface area contributed by atoms with Gasteiger partial charge in [0, 0.05) is 12.6 Å². The van der Waals surface area contributed by atoms with Crippen molar-refractivity contribution in [1.29, 1.82) is 0 Å². The van der Waals surface area contributed by atoms with Gasteiger partial charge in [0.2, 0.25) is 0 Å². The van der Waals surface area contributed by atoms with E-state index >= 15 is 0 Å². The molecule has 1 saturated heterocycles. The second kappa shape index (κ2) is 5.83. The first-order valence-corrected chi connectivity index (χ1v) is 6.92. The number of carbonyl (C=O) groups is 1. The highest BCUT2D eigenvalue weighted by atomic mass is 16.4. The van der Waals surface area contributed by atoms with Crippen LogP contribution in [-0.4, -0.2) is 41.1 Å². The molecule has 2 rings (SSSR count). The smallest absolute Gasteiger partial charge is 0.320 e. The summed E-state index contributed by atoms with van der Waals surface area (Å²) in [4.78, 5) is 13.6. The molecule has 3 unspecified atom stereocenters. The zero-order valence-corrected chi connectivity index (χ0v) is 10.5. The van der Waals surface area contributed by atoms with Gasteiger partial charge in [-0.25, -0.2) is 0 Å². The molecule has 17 heavy (non-hydrogen) atoms. The highest BCUT2D eigenvalue weighted by Crippen LogP contribution is 2.37. The lowest BCUT2D eigenvalue weighted by Gasteiger charge is -2.47. The fourth-order valence-corrected chi connectivity index (χ4v) is 3.59. The molecule has 0 aromatic carbocycles. The summed E-state index contributed by atoms with van der Waals surface area (Å²) in [5, 5.41) is 9.33. The van der Waals surface area contributed by atoms with Crippen LogP contribution in [0.15, 0.2) is 0 Å². The van der Waals surface area contributed by atoms with Crippen molar-refractivity contribution in [3.8, 4) is 0 Å². The van der Waals surface area contributed by atoms with E-state index in [-0.39, 0.29) is 6.04 Å². The Morgan fingerprint density at radius 1 is 1.24 bits per heavy atom. The van der Waals surface area contributed by atoms with E-state index in [2.05, 4.69) is 4.90 Å². The van der Waals surface area contributed by atoms with Gasteiger partial charge in [-0.1, -0.05) is 12.8 Å². The predicted octanol–water partition coefficient (Wildman–Crippen LogP) is 1.44. The van der Waals surface area contributed by atoms with E-state index in [1.54, 1.807) is 0 Å². The molecule has 2 aliphatic rings. The third kappa shape index (κ3) is 2.80. The lowest BCUT2D eigenvalue weighted by Crippen LogP contribution is -2.55. The number of piperidine rings is 1. The molecule has 0 amide bonds. The predicted molar refractivity (Wildman–Crippen MR) is 66.8 cm³/mol. The number of likely N-dealkylation sites (tertiary alicyclic amines) is 1. The largest absolute Gasteiger partial charge is 0.480 e. The second-order valence-corrected chi connectivity index (χ2v) is 5.42. The maximum atomic E-state index is 11.3. The maximum Gasteiger partial charge on any atom is 0.320 e. The van der Waals surface area contributed by atoms with Gasteiger partial charge < -0.3 is 10.8 Å². The number of rotatable bonds is 4. The summed E-state index contributed by atoms with van der Waals surface area (Å²) in [6.45, 7) is 1.51. The van der Waals surface area contributed by atoms with Gasteiger partial charge in [0.15, 0.2) is 0 Å². The minimum atomic E-state index is -0.647. The van der Waals surface area contributed by atoms with Crippen molar-refractivity contribution in [2.45, 2.75) is 57.0 Å². The average molecular weight is 240 g/mol. The van der Waals surface area contributed by atoms with Crippen LogP contribution in [0.1, 0.15) is 44.9 Å². The molecule has 3 atom stereocenters. The van der Waals surface area contributed by atoms with Gasteiger partial charge in [-0.05, 0) is 44.6 Å². The van der Waals surface area contributed by atoms with E-state index in [0.717, 1.165) is 31.7 Å². The Bertz CT molecular complexity index is 270. The van der Waals surface area contributed by atoms with E-state index in [1.165, 1.54) is 25.7 Å². The number of fused-ring (bicyclic) bond motifs is 1. The molecule has 0 bridgehead atoms. The van der Waals surface area contributed by atoms with Crippen molar-refractivity contribution in [3.63, 3.8) is 0 Å². The van der Waals surface area contributed by atoms with Crippen LogP contribution in [0.2, 0.25) is 0 Å². The van der Waals surface area contributed by atoms with Crippen LogP contribution in [0, 0.1) is 5.92 Å². The van der Waals surface area contributed by atoms with Crippen LogP contribution in [0.25, 0.3) is 0 Å². The van der Waals surface area contributed by atoms with Gasteiger partial charge >= 0.3 is 5.97 Å². The van der Waals surface area contributed by atoms with Gasteiger partial charge in [0.1, 0.15) is 6.04 Å². The summed E-state index contributed by atoms with van der Waals surface area (Å²) >= 11 is 0. The van der Waals surface area contributed by atoms with Crippen LogP contribution in [-0.2, 0) is 4.79 Å². The molecule has 4 heteroatoms. The van der Waals surface area contributed by atoms with Gasteiger partial charge in [0.25, 0.3) is 0 Å². The average Bonchev–Trinajstić information content (AvgIpc) is 2.35. The number of nitrogens with zero attached hydrogens (tertiary/aromatic N) is 1. The number of carboxylic acid groups (broad SMARTS) is 1. The lowest BCUT2D eigenvalue weighted by atomic mass is 9.76. The fourth-order valence-electron chi connectivity index (χ4n) is 3.59. The van der Waals surface area contributed by atoms with E-state index in [9.17, 15) is 9.90 Å². The van der Waals surface area contributed by atoms with Crippen molar-refractivity contribution in [1.82, 2.24) is 4.90 Å². The normalized spacial score (nSPS) is 34.3. The zero-order chi connectivity index (χ0) is 12.3. The standard InChI is InChI=1S/C13H24N2O2/c14-8-3-9-15-11-5-2-1-4-10(11)6-7-12(15)13(16)17/h10-12H,1-9,14H2,(H,16,17). The number of hydrogen-bond acceptors (Lipinski definition) is 3. The number of carboxylic acids is 1. The molecular weight excluding hydrogens is 216 g/mol. The van der Waals surface area contributed by atoms with Gasteiger partial charge in [0.05, 0.1) is 0 Å². The molecule has 2 fully saturated rings. The molecule has 0 radical (unpaired) electrons. The molecule has 0 spiro atoms. The van der Waals surface area contributed by atoms with Gasteiger partial charge in [-0.2, -0.15) is 0 Å². The Kier molecular flexibility index (Phi) is 4.40. The van der Waals surface area contributed by atoms with Crippen LogP contribution in [0.3, 0.4) is 0 Å². The molecule has 98 valence electrons. The minimum absolute atomic E-state index is 0.263. The minimum Gasteiger partial charge on any atom is -0.480 e. The van der Waals surface area contributed by atoms with E-state index < -0.39 is 5.97 Å². The van der Waals surface area contributed by atoms with E-state index in [1.807, 2.05) is 0 Å². The molecule has 1 saturated carbocycles. The zero-order valence-electron chi connectivity index (χ0n) is 10.5. The summed E-state index contributed by atoms with van der Waals surface area (Å²) in [7, 11) is 0. The summed E-state index contributed by atoms with van der Waals surface area (Å²) in [5.74, 6) is 0.0863. The second-order valence-electron chi connectivity index (χ2n) is 5.42. The monoisotopic (exact) mass is 240 g/mol. The van der Waals surface area contributed by atoms with E-state index in [0.29, 0.717) is 12.6 Å². The first kappa shape index (κ1) is 12.8. The first-order valence-electron chi connectivity index (χ1n) is 6.92. The summed E-state index contributed by atoms with van der Waals surface area (Å²) in [6.07, 6.45) is 7.88. The molecule has 3 N–H and O–H groups in total. The Morgan fingerprint density at radius 3 is 2.71 bits per heavy atom. The summed E-state index contributed by atoms with van der Waals surface area (Å²) in [5.41, 5.74) is 5.56. The molecule has 1 aliphatic carbocycles. The van der Waals surface area contributed by atoms with Crippen molar-refractivity contribution >= 4 is 5.97 Å².